The summed E-state index contributed by atoms with van der Waals surface area (Å²) >= 11 is 0. The average molecular weight is 375 g/mol. The molecule has 1 saturated heterocycles. The topological polar surface area (TPSA) is 78.8 Å². The minimum Gasteiger partial charge on any atom is -0.362 e. The summed E-state index contributed by atoms with van der Waals surface area (Å²) in [6.45, 7) is 0.791. The molecule has 0 radical (unpaired) electrons. The van der Waals surface area contributed by atoms with Crippen LogP contribution in [0.25, 0.3) is 0 Å². The zero-order chi connectivity index (χ0) is 18.7. The van der Waals surface area contributed by atoms with Crippen molar-refractivity contribution in [2.45, 2.75) is 17.7 Å². The van der Waals surface area contributed by atoms with Gasteiger partial charge in [0.1, 0.15) is 11.7 Å². The molecule has 1 N–H and O–H groups in total. The van der Waals surface area contributed by atoms with Gasteiger partial charge in [-0.25, -0.2) is 4.39 Å². The number of carbonyl (C=O) groups excluding carboxylic acids is 1. The molecule has 0 atom stereocenters. The Kier molecular flexibility index (Phi) is 5.03. The van der Waals surface area contributed by atoms with Crippen LogP contribution in [0.4, 0.5) is 10.1 Å². The molecule has 1 aliphatic heterocycles. The number of halogens is 1. The van der Waals surface area contributed by atoms with E-state index in [0.29, 0.717) is 17.9 Å². The summed E-state index contributed by atoms with van der Waals surface area (Å²) in [5.41, 5.74) is 0.584. The van der Waals surface area contributed by atoms with E-state index in [0.717, 1.165) is 19.0 Å². The van der Waals surface area contributed by atoms with Gasteiger partial charge in [0.2, 0.25) is 0 Å². The second-order valence-corrected chi connectivity index (χ2v) is 7.60. The van der Waals surface area contributed by atoms with Gasteiger partial charge in [-0.1, -0.05) is 6.07 Å². The number of nitrogens with zero attached hydrogens (tertiary/aromatic N) is 2. The van der Waals surface area contributed by atoms with Crippen LogP contribution in [0.3, 0.4) is 0 Å². The Labute approximate surface area is 151 Å². The first-order chi connectivity index (χ1) is 12.3. The number of sulfonamides is 1. The number of hydrogen-bond acceptors (Lipinski definition) is 3. The van der Waals surface area contributed by atoms with Crippen molar-refractivity contribution < 1.29 is 17.6 Å². The van der Waals surface area contributed by atoms with Gasteiger partial charge in [-0.2, -0.15) is 8.42 Å². The normalized spacial score (nSPS) is 16.1. The Bertz CT molecular complexity index is 956. The first-order valence-corrected chi connectivity index (χ1v) is 9.51. The van der Waals surface area contributed by atoms with Crippen LogP contribution in [-0.4, -0.2) is 38.7 Å². The highest BCUT2D eigenvalue weighted by molar-refractivity contribution is 7.90. The minimum atomic E-state index is -3.80. The van der Waals surface area contributed by atoms with Crippen LogP contribution >= 0.6 is 0 Å². The molecule has 136 valence electrons. The van der Waals surface area contributed by atoms with Gasteiger partial charge in [0.05, 0.1) is 4.90 Å². The molecule has 1 aliphatic rings. The molecule has 2 aromatic carbocycles. The van der Waals surface area contributed by atoms with Gasteiger partial charge in [-0.05, 0) is 48.9 Å². The summed E-state index contributed by atoms with van der Waals surface area (Å²) in [4.78, 5) is 14.0. The number of anilines is 1. The number of benzene rings is 2. The van der Waals surface area contributed by atoms with Crippen LogP contribution < -0.4 is 5.32 Å². The van der Waals surface area contributed by atoms with Crippen molar-refractivity contribution in [3.63, 3.8) is 0 Å². The summed E-state index contributed by atoms with van der Waals surface area (Å²) in [6, 6.07) is 11.0. The SMILES string of the molecule is CN1CCCC1=NS(=O)(=O)c1ccc(NC(=O)c2cccc(F)c2)cc1. The van der Waals surface area contributed by atoms with Crippen LogP contribution in [-0.2, 0) is 10.0 Å². The second-order valence-electron chi connectivity index (χ2n) is 6.00. The van der Waals surface area contributed by atoms with Gasteiger partial charge in [0.15, 0.2) is 0 Å². The van der Waals surface area contributed by atoms with Gasteiger partial charge in [-0.3, -0.25) is 4.79 Å². The molecule has 1 heterocycles. The maximum absolute atomic E-state index is 13.2. The van der Waals surface area contributed by atoms with Gasteiger partial charge >= 0.3 is 0 Å². The fraction of sp³-hybridized carbons (Fsp3) is 0.222. The van der Waals surface area contributed by atoms with Crippen molar-refractivity contribution in [2.24, 2.45) is 4.40 Å². The highest BCUT2D eigenvalue weighted by atomic mass is 32.2. The molecule has 0 saturated carbocycles. The summed E-state index contributed by atoms with van der Waals surface area (Å²) < 4.78 is 41.8. The first kappa shape index (κ1) is 18.1. The second kappa shape index (κ2) is 7.25. The number of hydrogen-bond donors (Lipinski definition) is 1. The standard InChI is InChI=1S/C18H18FN3O3S/c1-22-11-3-6-17(22)21-26(24,25)16-9-7-15(8-10-16)20-18(23)13-4-2-5-14(19)12-13/h2,4-5,7-10,12H,3,6,11H2,1H3,(H,20,23). The van der Waals surface area contributed by atoms with Crippen LogP contribution in [0.15, 0.2) is 57.8 Å². The lowest BCUT2D eigenvalue weighted by atomic mass is 10.2. The molecule has 0 aromatic heterocycles. The third kappa shape index (κ3) is 4.08. The first-order valence-electron chi connectivity index (χ1n) is 8.07. The van der Waals surface area contributed by atoms with E-state index in [4.69, 9.17) is 0 Å². The molecule has 0 spiro atoms. The number of amidine groups is 1. The molecule has 0 unspecified atom stereocenters. The molecule has 0 bridgehead atoms. The van der Waals surface area contributed by atoms with E-state index in [1.165, 1.54) is 42.5 Å². The van der Waals surface area contributed by atoms with Crippen LogP contribution in [0.2, 0.25) is 0 Å². The van der Waals surface area contributed by atoms with Crippen molar-refractivity contribution in [3.8, 4) is 0 Å². The number of carbonyl (C=O) groups is 1. The number of likely N-dealkylation sites (tertiary alicyclic amines) is 1. The largest absolute Gasteiger partial charge is 0.362 e. The summed E-state index contributed by atoms with van der Waals surface area (Å²) in [5.74, 6) is -0.434. The molecular formula is C18H18FN3O3S. The zero-order valence-electron chi connectivity index (χ0n) is 14.1. The van der Waals surface area contributed by atoms with Gasteiger partial charge in [-0.15, -0.1) is 4.40 Å². The summed E-state index contributed by atoms with van der Waals surface area (Å²) in [7, 11) is -1.98. The van der Waals surface area contributed by atoms with E-state index in [1.54, 1.807) is 0 Å². The van der Waals surface area contributed by atoms with Crippen LogP contribution in [0, 0.1) is 5.82 Å². The Balaban J connectivity index is 1.75. The lowest BCUT2D eigenvalue weighted by Gasteiger charge is -2.11. The molecule has 8 heteroatoms. The van der Waals surface area contributed by atoms with Crippen molar-refractivity contribution in [1.29, 1.82) is 0 Å². The molecule has 1 amide bonds. The molecule has 2 aromatic rings. The van der Waals surface area contributed by atoms with Gasteiger partial charge in [0.25, 0.3) is 15.9 Å². The van der Waals surface area contributed by atoms with E-state index < -0.39 is 21.7 Å². The van der Waals surface area contributed by atoms with E-state index >= 15 is 0 Å². The van der Waals surface area contributed by atoms with Gasteiger partial charge in [0, 0.05) is 31.3 Å². The lowest BCUT2D eigenvalue weighted by Crippen LogP contribution is -2.20. The zero-order valence-corrected chi connectivity index (χ0v) is 15.0. The Morgan fingerprint density at radius 1 is 1.19 bits per heavy atom. The van der Waals surface area contributed by atoms with Crippen LogP contribution in [0.1, 0.15) is 23.2 Å². The number of rotatable bonds is 4. The highest BCUT2D eigenvalue weighted by Crippen LogP contribution is 2.19. The molecule has 0 aliphatic carbocycles. The predicted octanol–water partition coefficient (Wildman–Crippen LogP) is 2.89. The Hall–Kier alpha value is -2.74. The highest BCUT2D eigenvalue weighted by Gasteiger charge is 2.20. The van der Waals surface area contributed by atoms with Crippen molar-refractivity contribution in [1.82, 2.24) is 4.90 Å². The quantitative estimate of drug-likeness (QED) is 0.891. The van der Waals surface area contributed by atoms with Crippen molar-refractivity contribution in [3.05, 3.63) is 59.9 Å². The lowest BCUT2D eigenvalue weighted by molar-refractivity contribution is 0.102. The van der Waals surface area contributed by atoms with Crippen molar-refractivity contribution in [2.75, 3.05) is 18.9 Å². The molecule has 6 nitrogen and oxygen atoms in total. The molecular weight excluding hydrogens is 357 g/mol. The fourth-order valence-corrected chi connectivity index (χ4v) is 3.74. The summed E-state index contributed by atoms with van der Waals surface area (Å²) in [5, 5.41) is 2.60. The van der Waals surface area contributed by atoms with E-state index in [9.17, 15) is 17.6 Å². The maximum atomic E-state index is 13.2. The molecule has 3 rings (SSSR count). The monoisotopic (exact) mass is 375 g/mol. The van der Waals surface area contributed by atoms with E-state index in [2.05, 4.69) is 9.71 Å². The van der Waals surface area contributed by atoms with Gasteiger partial charge < -0.3 is 10.2 Å². The third-order valence-electron chi connectivity index (χ3n) is 4.06. The van der Waals surface area contributed by atoms with E-state index in [-0.39, 0.29) is 10.5 Å². The molecule has 1 fully saturated rings. The van der Waals surface area contributed by atoms with E-state index in [1.807, 2.05) is 11.9 Å². The van der Waals surface area contributed by atoms with Crippen molar-refractivity contribution >= 4 is 27.5 Å². The average Bonchev–Trinajstić information content (AvgIpc) is 2.99. The maximum Gasteiger partial charge on any atom is 0.283 e. The fourth-order valence-electron chi connectivity index (χ4n) is 2.64. The minimum absolute atomic E-state index is 0.0501. The molecule has 26 heavy (non-hydrogen) atoms. The number of nitrogens with one attached hydrogen (secondary N) is 1. The Morgan fingerprint density at radius 2 is 1.92 bits per heavy atom. The Morgan fingerprint density at radius 3 is 2.54 bits per heavy atom. The van der Waals surface area contributed by atoms with Crippen LogP contribution in [0.5, 0.6) is 0 Å². The third-order valence-corrected chi connectivity index (χ3v) is 5.38. The summed E-state index contributed by atoms with van der Waals surface area (Å²) in [6.07, 6.45) is 1.52. The number of amides is 1. The predicted molar refractivity (Wildman–Crippen MR) is 97.3 cm³/mol. The smallest absolute Gasteiger partial charge is 0.283 e.